The highest BCUT2D eigenvalue weighted by molar-refractivity contribution is 7.80. The summed E-state index contributed by atoms with van der Waals surface area (Å²) < 4.78 is 10.8. The minimum atomic E-state index is 0.550. The summed E-state index contributed by atoms with van der Waals surface area (Å²) in [6.07, 6.45) is 1.11. The van der Waals surface area contributed by atoms with E-state index in [1.807, 2.05) is 24.3 Å². The Hall–Kier alpha value is -0.670. The molecule has 0 amide bonds. The van der Waals surface area contributed by atoms with Gasteiger partial charge in [0.2, 0.25) is 0 Å². The highest BCUT2D eigenvalue weighted by atomic mass is 32.1. The Morgan fingerprint density at radius 2 is 2.19 bits per heavy atom. The molecule has 90 valence electrons. The van der Waals surface area contributed by atoms with E-state index in [4.69, 9.17) is 9.47 Å². The minimum Gasteiger partial charge on any atom is -0.497 e. The van der Waals surface area contributed by atoms with Crippen molar-refractivity contribution in [3.63, 3.8) is 0 Å². The second-order valence-corrected chi connectivity index (χ2v) is 4.19. The molecule has 2 nitrogen and oxygen atoms in total. The zero-order valence-electron chi connectivity index (χ0n) is 9.98. The van der Waals surface area contributed by atoms with Gasteiger partial charge in [0, 0.05) is 0 Å². The molecule has 0 aromatic heterocycles. The van der Waals surface area contributed by atoms with Gasteiger partial charge in [0.25, 0.3) is 0 Å². The summed E-state index contributed by atoms with van der Waals surface area (Å²) in [5.74, 6) is 2.31. The van der Waals surface area contributed by atoms with Crippen LogP contribution in [0.1, 0.15) is 18.9 Å². The molecule has 0 heterocycles. The number of rotatable bonds is 7. The molecular formula is C13H20O2S. The number of hydrogen-bond donors (Lipinski definition) is 1. The first-order valence-corrected chi connectivity index (χ1v) is 6.25. The lowest BCUT2D eigenvalue weighted by atomic mass is 10.1. The van der Waals surface area contributed by atoms with Crippen molar-refractivity contribution in [3.05, 3.63) is 29.8 Å². The Kier molecular flexibility index (Phi) is 6.34. The number of benzene rings is 1. The van der Waals surface area contributed by atoms with Gasteiger partial charge in [0.05, 0.1) is 20.3 Å². The second-order valence-electron chi connectivity index (χ2n) is 3.82. The fourth-order valence-corrected chi connectivity index (χ4v) is 1.77. The predicted octanol–water partition coefficient (Wildman–Crippen LogP) is 3.17. The van der Waals surface area contributed by atoms with Gasteiger partial charge in [-0.1, -0.05) is 25.5 Å². The zero-order chi connectivity index (χ0) is 11.8. The molecule has 0 aliphatic carbocycles. The van der Waals surface area contributed by atoms with Gasteiger partial charge < -0.3 is 9.47 Å². The maximum Gasteiger partial charge on any atom is 0.119 e. The molecule has 0 aliphatic rings. The third-order valence-electron chi connectivity index (χ3n) is 2.59. The third kappa shape index (κ3) is 4.45. The van der Waals surface area contributed by atoms with Gasteiger partial charge in [-0.15, -0.1) is 0 Å². The van der Waals surface area contributed by atoms with E-state index in [1.54, 1.807) is 7.11 Å². The van der Waals surface area contributed by atoms with Crippen LogP contribution in [0.2, 0.25) is 0 Å². The third-order valence-corrected chi connectivity index (χ3v) is 3.11. The fraction of sp³-hybridized carbons (Fsp3) is 0.538. The molecule has 0 radical (unpaired) electrons. The highest BCUT2D eigenvalue weighted by Gasteiger charge is 2.04. The lowest BCUT2D eigenvalue weighted by molar-refractivity contribution is 0.0923. The monoisotopic (exact) mass is 240 g/mol. The minimum absolute atomic E-state index is 0.550. The molecule has 0 saturated carbocycles. The molecule has 1 aromatic rings. The summed E-state index contributed by atoms with van der Waals surface area (Å²) in [5.41, 5.74) is 1.15. The molecule has 0 N–H and O–H groups in total. The van der Waals surface area contributed by atoms with Crippen molar-refractivity contribution in [1.82, 2.24) is 0 Å². The molecule has 0 bridgehead atoms. The molecular weight excluding hydrogens is 220 g/mol. The first-order chi connectivity index (χ1) is 7.80. The average Bonchev–Trinajstić information content (AvgIpc) is 2.35. The lowest BCUT2D eigenvalue weighted by Gasteiger charge is -2.12. The summed E-state index contributed by atoms with van der Waals surface area (Å²) >= 11 is 4.29. The molecule has 16 heavy (non-hydrogen) atoms. The van der Waals surface area contributed by atoms with E-state index in [9.17, 15) is 0 Å². The normalized spacial score (nSPS) is 12.4. The Morgan fingerprint density at radius 3 is 2.81 bits per heavy atom. The van der Waals surface area contributed by atoms with Crippen LogP contribution < -0.4 is 4.74 Å². The Morgan fingerprint density at radius 1 is 1.38 bits per heavy atom. The number of methoxy groups -OCH3 is 1. The van der Waals surface area contributed by atoms with Gasteiger partial charge in [0.1, 0.15) is 5.75 Å². The van der Waals surface area contributed by atoms with Crippen molar-refractivity contribution < 1.29 is 9.47 Å². The second kappa shape index (κ2) is 7.58. The molecule has 1 unspecified atom stereocenters. The molecule has 0 fully saturated rings. The van der Waals surface area contributed by atoms with Crippen molar-refractivity contribution >= 4 is 12.6 Å². The van der Waals surface area contributed by atoms with Crippen molar-refractivity contribution in [1.29, 1.82) is 0 Å². The first kappa shape index (κ1) is 13.4. The van der Waals surface area contributed by atoms with Crippen LogP contribution in [-0.2, 0) is 11.3 Å². The van der Waals surface area contributed by atoms with Crippen molar-refractivity contribution in [2.24, 2.45) is 5.92 Å². The molecule has 0 saturated heterocycles. The summed E-state index contributed by atoms with van der Waals surface area (Å²) in [6.45, 7) is 3.58. The van der Waals surface area contributed by atoms with Crippen molar-refractivity contribution in [2.45, 2.75) is 20.0 Å². The van der Waals surface area contributed by atoms with Crippen molar-refractivity contribution in [2.75, 3.05) is 19.5 Å². The van der Waals surface area contributed by atoms with E-state index in [2.05, 4.69) is 19.6 Å². The summed E-state index contributed by atoms with van der Waals surface area (Å²) in [7, 11) is 1.67. The maximum absolute atomic E-state index is 5.66. The van der Waals surface area contributed by atoms with Gasteiger partial charge >= 0.3 is 0 Å². The van der Waals surface area contributed by atoms with Crippen LogP contribution in [0.3, 0.4) is 0 Å². The smallest absolute Gasteiger partial charge is 0.119 e. The summed E-state index contributed by atoms with van der Waals surface area (Å²) in [6, 6.07) is 7.96. The number of ether oxygens (including phenoxy) is 2. The van der Waals surface area contributed by atoms with Gasteiger partial charge in [-0.05, 0) is 29.4 Å². The van der Waals surface area contributed by atoms with E-state index in [0.717, 1.165) is 30.1 Å². The predicted molar refractivity (Wildman–Crippen MR) is 70.3 cm³/mol. The van der Waals surface area contributed by atoms with Crippen LogP contribution in [0.15, 0.2) is 24.3 Å². The van der Waals surface area contributed by atoms with Crippen LogP contribution in [-0.4, -0.2) is 19.5 Å². The van der Waals surface area contributed by atoms with Crippen LogP contribution >= 0.6 is 12.6 Å². The van der Waals surface area contributed by atoms with Crippen LogP contribution in [0.5, 0.6) is 5.75 Å². The molecule has 1 atom stereocenters. The van der Waals surface area contributed by atoms with Crippen molar-refractivity contribution in [3.8, 4) is 5.75 Å². The lowest BCUT2D eigenvalue weighted by Crippen LogP contribution is -2.10. The standard InChI is InChI=1S/C13H20O2S/c1-3-11(10-16)8-15-9-12-5-4-6-13(7-12)14-2/h4-7,11,16H,3,8-10H2,1-2H3. The van der Waals surface area contributed by atoms with E-state index in [1.165, 1.54) is 0 Å². The van der Waals surface area contributed by atoms with Gasteiger partial charge in [-0.2, -0.15) is 12.6 Å². The van der Waals surface area contributed by atoms with E-state index >= 15 is 0 Å². The van der Waals surface area contributed by atoms with Crippen LogP contribution in [0.25, 0.3) is 0 Å². The first-order valence-electron chi connectivity index (χ1n) is 5.61. The van der Waals surface area contributed by atoms with Gasteiger partial charge in [-0.3, -0.25) is 0 Å². The Bertz CT molecular complexity index is 298. The molecule has 3 heteroatoms. The molecule has 1 rings (SSSR count). The Labute approximate surface area is 103 Å². The van der Waals surface area contributed by atoms with E-state index < -0.39 is 0 Å². The average molecular weight is 240 g/mol. The van der Waals surface area contributed by atoms with Gasteiger partial charge in [0.15, 0.2) is 0 Å². The van der Waals surface area contributed by atoms with Gasteiger partial charge in [-0.25, -0.2) is 0 Å². The quantitative estimate of drug-likeness (QED) is 0.738. The topological polar surface area (TPSA) is 18.5 Å². The largest absolute Gasteiger partial charge is 0.497 e. The summed E-state index contributed by atoms with van der Waals surface area (Å²) in [5, 5.41) is 0. The molecule has 1 aromatic carbocycles. The number of hydrogen-bond acceptors (Lipinski definition) is 3. The van der Waals surface area contributed by atoms with E-state index in [-0.39, 0.29) is 0 Å². The molecule has 0 aliphatic heterocycles. The fourth-order valence-electron chi connectivity index (χ4n) is 1.41. The van der Waals surface area contributed by atoms with Crippen LogP contribution in [0, 0.1) is 5.92 Å². The summed E-state index contributed by atoms with van der Waals surface area (Å²) in [4.78, 5) is 0. The van der Waals surface area contributed by atoms with E-state index in [0.29, 0.717) is 12.5 Å². The van der Waals surface area contributed by atoms with Crippen LogP contribution in [0.4, 0.5) is 0 Å². The molecule has 0 spiro atoms. The Balaban J connectivity index is 2.36. The maximum atomic E-state index is 5.66. The zero-order valence-corrected chi connectivity index (χ0v) is 10.9. The number of thiol groups is 1. The SMILES string of the molecule is CCC(CS)COCc1cccc(OC)c1. The highest BCUT2D eigenvalue weighted by Crippen LogP contribution is 2.14.